The van der Waals surface area contributed by atoms with E-state index in [1.807, 2.05) is 25.1 Å². The van der Waals surface area contributed by atoms with E-state index in [-0.39, 0.29) is 18.0 Å². The van der Waals surface area contributed by atoms with Gasteiger partial charge in [-0.05, 0) is 43.7 Å². The molecule has 0 unspecified atom stereocenters. The van der Waals surface area contributed by atoms with Crippen LogP contribution in [0.3, 0.4) is 0 Å². The first kappa shape index (κ1) is 14.3. The van der Waals surface area contributed by atoms with E-state index in [2.05, 4.69) is 0 Å². The van der Waals surface area contributed by atoms with Crippen molar-refractivity contribution >= 4 is 5.78 Å². The molecule has 2 aromatic rings. The van der Waals surface area contributed by atoms with Crippen LogP contribution in [-0.4, -0.2) is 12.9 Å². The molecule has 2 nitrogen and oxygen atoms in total. The lowest BCUT2D eigenvalue weighted by molar-refractivity contribution is 0.0991. The van der Waals surface area contributed by atoms with Crippen LogP contribution in [-0.2, 0) is 6.42 Å². The summed E-state index contributed by atoms with van der Waals surface area (Å²) in [6.45, 7) is 3.71. The first-order valence-corrected chi connectivity index (χ1v) is 6.44. The zero-order valence-electron chi connectivity index (χ0n) is 11.9. The van der Waals surface area contributed by atoms with Crippen LogP contribution in [0.15, 0.2) is 36.4 Å². The van der Waals surface area contributed by atoms with Crippen LogP contribution in [0.2, 0.25) is 0 Å². The summed E-state index contributed by atoms with van der Waals surface area (Å²) >= 11 is 0. The van der Waals surface area contributed by atoms with E-state index in [0.717, 1.165) is 11.1 Å². The summed E-state index contributed by atoms with van der Waals surface area (Å²) in [5.41, 5.74) is 3.13. The van der Waals surface area contributed by atoms with Gasteiger partial charge in [-0.15, -0.1) is 0 Å². The van der Waals surface area contributed by atoms with Crippen molar-refractivity contribution in [3.63, 3.8) is 0 Å². The minimum Gasteiger partial charge on any atom is -0.496 e. The highest BCUT2D eigenvalue weighted by Crippen LogP contribution is 2.22. The third-order valence-corrected chi connectivity index (χ3v) is 3.28. The van der Waals surface area contributed by atoms with E-state index in [4.69, 9.17) is 4.74 Å². The summed E-state index contributed by atoms with van der Waals surface area (Å²) in [4.78, 5) is 12.3. The van der Waals surface area contributed by atoms with Crippen molar-refractivity contribution < 1.29 is 13.9 Å². The number of benzene rings is 2. The number of halogens is 1. The fraction of sp³-hybridized carbons (Fsp3) is 0.235. The average Bonchev–Trinajstić information content (AvgIpc) is 2.38. The second-order valence-corrected chi connectivity index (χ2v) is 4.87. The standard InChI is InChI=1S/C17H17FO2/c1-11-4-7-17(20-3)13(8-11)10-16(19)15-6-5-14(18)9-12(15)2/h4-9H,10H2,1-3H3. The Bertz CT molecular complexity index is 647. The SMILES string of the molecule is COc1ccc(C)cc1CC(=O)c1ccc(F)cc1C. The van der Waals surface area contributed by atoms with Gasteiger partial charge in [0.15, 0.2) is 5.78 Å². The van der Waals surface area contributed by atoms with Crippen molar-refractivity contribution in [3.05, 3.63) is 64.5 Å². The summed E-state index contributed by atoms with van der Waals surface area (Å²) in [5.74, 6) is 0.335. The molecule has 3 heteroatoms. The largest absolute Gasteiger partial charge is 0.496 e. The highest BCUT2D eigenvalue weighted by molar-refractivity contribution is 5.99. The van der Waals surface area contributed by atoms with Gasteiger partial charge in [0.1, 0.15) is 11.6 Å². The molecule has 0 N–H and O–H groups in total. The van der Waals surface area contributed by atoms with Crippen LogP contribution < -0.4 is 4.74 Å². The number of carbonyl (C=O) groups is 1. The zero-order valence-corrected chi connectivity index (χ0v) is 11.9. The van der Waals surface area contributed by atoms with Gasteiger partial charge in [0.05, 0.1) is 7.11 Å². The highest BCUT2D eigenvalue weighted by Gasteiger charge is 2.13. The Hall–Kier alpha value is -2.16. The van der Waals surface area contributed by atoms with Crippen molar-refractivity contribution in [1.29, 1.82) is 0 Å². The summed E-state index contributed by atoms with van der Waals surface area (Å²) < 4.78 is 18.4. The normalized spacial score (nSPS) is 10.4. The van der Waals surface area contributed by atoms with Crippen molar-refractivity contribution in [2.45, 2.75) is 20.3 Å². The van der Waals surface area contributed by atoms with Gasteiger partial charge in [-0.25, -0.2) is 4.39 Å². The number of ketones is 1. The molecule has 0 saturated heterocycles. The number of aryl methyl sites for hydroxylation is 2. The van der Waals surface area contributed by atoms with E-state index < -0.39 is 0 Å². The van der Waals surface area contributed by atoms with Gasteiger partial charge in [-0.2, -0.15) is 0 Å². The Balaban J connectivity index is 2.30. The molecule has 0 aliphatic heterocycles. The van der Waals surface area contributed by atoms with Crippen molar-refractivity contribution in [2.24, 2.45) is 0 Å². The Morgan fingerprint density at radius 2 is 1.90 bits per heavy atom. The zero-order chi connectivity index (χ0) is 14.7. The van der Waals surface area contributed by atoms with Gasteiger partial charge in [0, 0.05) is 17.5 Å². The average molecular weight is 272 g/mol. The molecular formula is C17H17FO2. The lowest BCUT2D eigenvalue weighted by Crippen LogP contribution is -2.07. The molecule has 0 atom stereocenters. The van der Waals surface area contributed by atoms with Crippen LogP contribution in [0.1, 0.15) is 27.0 Å². The van der Waals surface area contributed by atoms with Crippen LogP contribution in [0.5, 0.6) is 5.75 Å². The third kappa shape index (κ3) is 3.05. The first-order valence-electron chi connectivity index (χ1n) is 6.44. The molecule has 0 aromatic heterocycles. The Labute approximate surface area is 118 Å². The van der Waals surface area contributed by atoms with Gasteiger partial charge >= 0.3 is 0 Å². The molecule has 0 spiro atoms. The van der Waals surface area contributed by atoms with E-state index in [1.165, 1.54) is 18.2 Å². The number of methoxy groups -OCH3 is 1. The fourth-order valence-electron chi connectivity index (χ4n) is 2.25. The van der Waals surface area contributed by atoms with Crippen LogP contribution in [0, 0.1) is 19.7 Å². The third-order valence-electron chi connectivity index (χ3n) is 3.28. The Morgan fingerprint density at radius 1 is 1.15 bits per heavy atom. The van der Waals surface area contributed by atoms with Gasteiger partial charge < -0.3 is 4.74 Å². The van der Waals surface area contributed by atoms with Gasteiger partial charge in [-0.3, -0.25) is 4.79 Å². The van der Waals surface area contributed by atoms with E-state index >= 15 is 0 Å². The molecule has 0 saturated carbocycles. The minimum atomic E-state index is -0.327. The van der Waals surface area contributed by atoms with E-state index in [0.29, 0.717) is 16.9 Å². The van der Waals surface area contributed by atoms with Crippen molar-refractivity contribution in [3.8, 4) is 5.75 Å². The molecule has 104 valence electrons. The number of hydrogen-bond acceptors (Lipinski definition) is 2. The molecule has 2 aromatic carbocycles. The lowest BCUT2D eigenvalue weighted by Gasteiger charge is -2.10. The predicted molar refractivity (Wildman–Crippen MR) is 76.9 cm³/mol. The maximum atomic E-state index is 13.1. The van der Waals surface area contributed by atoms with Gasteiger partial charge in [-0.1, -0.05) is 17.7 Å². The Kier molecular flexibility index (Phi) is 4.18. The molecule has 2 rings (SSSR count). The van der Waals surface area contributed by atoms with E-state index in [1.54, 1.807) is 14.0 Å². The number of carbonyl (C=O) groups excluding carboxylic acids is 1. The maximum absolute atomic E-state index is 13.1. The summed E-state index contributed by atoms with van der Waals surface area (Å²) in [6, 6.07) is 9.96. The molecular weight excluding hydrogens is 255 g/mol. The van der Waals surface area contributed by atoms with Crippen LogP contribution in [0.25, 0.3) is 0 Å². The number of ether oxygens (including phenoxy) is 1. The topological polar surface area (TPSA) is 26.3 Å². The fourth-order valence-corrected chi connectivity index (χ4v) is 2.25. The van der Waals surface area contributed by atoms with Crippen molar-refractivity contribution in [1.82, 2.24) is 0 Å². The van der Waals surface area contributed by atoms with Crippen LogP contribution >= 0.6 is 0 Å². The minimum absolute atomic E-state index is 0.0357. The summed E-state index contributed by atoms with van der Waals surface area (Å²) in [6.07, 6.45) is 0.247. The molecule has 0 aliphatic carbocycles. The van der Waals surface area contributed by atoms with Crippen molar-refractivity contribution in [2.75, 3.05) is 7.11 Å². The van der Waals surface area contributed by atoms with E-state index in [9.17, 15) is 9.18 Å². The first-order chi connectivity index (χ1) is 9.51. The molecule has 20 heavy (non-hydrogen) atoms. The quantitative estimate of drug-likeness (QED) is 0.790. The van der Waals surface area contributed by atoms with Crippen LogP contribution in [0.4, 0.5) is 4.39 Å². The van der Waals surface area contributed by atoms with Gasteiger partial charge in [0.25, 0.3) is 0 Å². The lowest BCUT2D eigenvalue weighted by atomic mass is 9.98. The molecule has 0 fully saturated rings. The molecule has 0 amide bonds. The molecule has 0 bridgehead atoms. The number of rotatable bonds is 4. The monoisotopic (exact) mass is 272 g/mol. The summed E-state index contributed by atoms with van der Waals surface area (Å²) in [5, 5.41) is 0. The second kappa shape index (κ2) is 5.87. The highest BCUT2D eigenvalue weighted by atomic mass is 19.1. The maximum Gasteiger partial charge on any atom is 0.167 e. The smallest absolute Gasteiger partial charge is 0.167 e. The second-order valence-electron chi connectivity index (χ2n) is 4.87. The number of Topliss-reactive ketones (excluding diaryl/α,β-unsaturated/α-hetero) is 1. The molecule has 0 heterocycles. The molecule has 0 radical (unpaired) electrons. The van der Waals surface area contributed by atoms with Gasteiger partial charge in [0.2, 0.25) is 0 Å². The summed E-state index contributed by atoms with van der Waals surface area (Å²) in [7, 11) is 1.59. The predicted octanol–water partition coefficient (Wildman–Crippen LogP) is 3.88. The molecule has 0 aliphatic rings. The number of hydrogen-bond donors (Lipinski definition) is 0. The Morgan fingerprint density at radius 3 is 2.55 bits per heavy atom.